The number of imidazole rings is 1. The lowest BCUT2D eigenvalue weighted by Gasteiger charge is -2.15. The summed E-state index contributed by atoms with van der Waals surface area (Å²) in [5.41, 5.74) is 1.98. The van der Waals surface area contributed by atoms with Crippen LogP contribution in [0.15, 0.2) is 54.9 Å². The Morgan fingerprint density at radius 2 is 1.97 bits per heavy atom. The number of hydrogen-bond acceptors (Lipinski definition) is 6. The first-order valence-electron chi connectivity index (χ1n) is 11.4. The van der Waals surface area contributed by atoms with Crippen LogP contribution in [0.4, 0.5) is 4.39 Å². The van der Waals surface area contributed by atoms with Crippen LogP contribution in [0.3, 0.4) is 0 Å². The van der Waals surface area contributed by atoms with Crippen molar-refractivity contribution in [2.75, 3.05) is 19.8 Å². The standard InChI is InChI=1S/C16H13FO2.C6H10N2O.C5H10O2/c17-16-11-14(19)8-9-15(16)13-6-4-12(5-7-13)3-1-2-10-18;1-5(9)6-7-3-4-8(6)2;6-5-2-1-3-7-4-5/h4-9,11,18-19H,2,10H2;3-5,9H,1-2H3;5-6H,1-4H2. The van der Waals surface area contributed by atoms with Gasteiger partial charge in [-0.1, -0.05) is 24.0 Å². The summed E-state index contributed by atoms with van der Waals surface area (Å²) in [4.78, 5) is 3.93. The second-order valence-corrected chi connectivity index (χ2v) is 7.96. The van der Waals surface area contributed by atoms with Gasteiger partial charge in [-0.05, 0) is 49.6 Å². The number of aryl methyl sites for hydroxylation is 1. The van der Waals surface area contributed by atoms with Crippen LogP contribution in [0.5, 0.6) is 5.75 Å². The van der Waals surface area contributed by atoms with E-state index < -0.39 is 11.9 Å². The summed E-state index contributed by atoms with van der Waals surface area (Å²) in [7, 11) is 1.86. The predicted molar refractivity (Wildman–Crippen MR) is 132 cm³/mol. The van der Waals surface area contributed by atoms with Gasteiger partial charge in [0, 0.05) is 49.7 Å². The number of phenols is 1. The van der Waals surface area contributed by atoms with Crippen molar-refractivity contribution >= 4 is 0 Å². The lowest BCUT2D eigenvalue weighted by molar-refractivity contribution is -0.00535. The van der Waals surface area contributed by atoms with Crippen molar-refractivity contribution in [2.24, 2.45) is 7.05 Å². The molecule has 3 aromatic rings. The maximum atomic E-state index is 13.7. The van der Waals surface area contributed by atoms with Gasteiger partial charge in [0.15, 0.2) is 0 Å². The number of phenolic OH excluding ortho intramolecular Hbond substituents is 1. The fourth-order valence-corrected chi connectivity index (χ4v) is 3.20. The normalized spacial score (nSPS) is 15.4. The van der Waals surface area contributed by atoms with Crippen LogP contribution in [-0.2, 0) is 11.8 Å². The molecule has 0 saturated carbocycles. The summed E-state index contributed by atoms with van der Waals surface area (Å²) in [5, 5.41) is 35.6. The molecular formula is C27H33FN2O5. The number of aromatic nitrogens is 2. The Hall–Kier alpha value is -3.22. The van der Waals surface area contributed by atoms with Crippen LogP contribution in [0.2, 0.25) is 0 Å². The highest BCUT2D eigenvalue weighted by atomic mass is 19.1. The topological polar surface area (TPSA) is 108 Å². The largest absolute Gasteiger partial charge is 0.508 e. The van der Waals surface area contributed by atoms with E-state index in [1.165, 1.54) is 12.1 Å². The average Bonchev–Trinajstić information content (AvgIpc) is 3.28. The molecule has 2 atom stereocenters. The molecular weight excluding hydrogens is 451 g/mol. The number of aromatic hydroxyl groups is 1. The van der Waals surface area contributed by atoms with Gasteiger partial charge >= 0.3 is 0 Å². The van der Waals surface area contributed by atoms with Gasteiger partial charge in [-0.15, -0.1) is 0 Å². The second-order valence-electron chi connectivity index (χ2n) is 7.96. The first-order chi connectivity index (χ1) is 16.8. The zero-order valence-electron chi connectivity index (χ0n) is 20.1. The van der Waals surface area contributed by atoms with Gasteiger partial charge in [-0.2, -0.15) is 0 Å². The summed E-state index contributed by atoms with van der Waals surface area (Å²) in [6.07, 6.45) is 5.19. The minimum Gasteiger partial charge on any atom is -0.508 e. The molecule has 35 heavy (non-hydrogen) atoms. The molecule has 1 aromatic heterocycles. The van der Waals surface area contributed by atoms with E-state index in [1.807, 2.05) is 13.2 Å². The number of hydrogen-bond donors (Lipinski definition) is 4. The molecule has 8 heteroatoms. The quantitative estimate of drug-likeness (QED) is 0.424. The number of halogens is 1. The van der Waals surface area contributed by atoms with Crippen LogP contribution in [0.25, 0.3) is 11.1 Å². The molecule has 0 aliphatic carbocycles. The highest BCUT2D eigenvalue weighted by Crippen LogP contribution is 2.25. The molecule has 7 nitrogen and oxygen atoms in total. The van der Waals surface area contributed by atoms with E-state index in [2.05, 4.69) is 16.8 Å². The number of ether oxygens (including phenoxy) is 1. The molecule has 0 bridgehead atoms. The predicted octanol–water partition coefficient (Wildman–Crippen LogP) is 3.56. The van der Waals surface area contributed by atoms with Crippen molar-refractivity contribution in [3.63, 3.8) is 0 Å². The first-order valence-corrected chi connectivity index (χ1v) is 11.4. The smallest absolute Gasteiger partial charge is 0.137 e. The minimum atomic E-state index is -0.468. The van der Waals surface area contributed by atoms with E-state index in [4.69, 9.17) is 20.1 Å². The van der Waals surface area contributed by atoms with Crippen molar-refractivity contribution < 1.29 is 29.6 Å². The van der Waals surface area contributed by atoms with Crippen LogP contribution < -0.4 is 0 Å². The molecule has 1 aliphatic heterocycles. The Labute approximate surface area is 205 Å². The van der Waals surface area contributed by atoms with Crippen molar-refractivity contribution in [1.82, 2.24) is 9.55 Å². The van der Waals surface area contributed by atoms with Gasteiger partial charge in [0.1, 0.15) is 23.5 Å². The Bertz CT molecular complexity index is 1080. The van der Waals surface area contributed by atoms with Gasteiger partial charge in [-0.25, -0.2) is 9.37 Å². The molecule has 2 unspecified atom stereocenters. The van der Waals surface area contributed by atoms with Crippen LogP contribution >= 0.6 is 0 Å². The van der Waals surface area contributed by atoms with Gasteiger partial charge < -0.3 is 29.7 Å². The average molecular weight is 485 g/mol. The Morgan fingerprint density at radius 1 is 1.23 bits per heavy atom. The third-order valence-corrected chi connectivity index (χ3v) is 4.99. The zero-order chi connectivity index (χ0) is 25.6. The van der Waals surface area contributed by atoms with Gasteiger partial charge in [-0.3, -0.25) is 0 Å². The minimum absolute atomic E-state index is 0.0454. The van der Waals surface area contributed by atoms with Gasteiger partial charge in [0.05, 0.1) is 19.3 Å². The lowest BCUT2D eigenvalue weighted by atomic mass is 10.0. The van der Waals surface area contributed by atoms with Crippen LogP contribution in [-0.4, -0.2) is 55.9 Å². The molecule has 0 radical (unpaired) electrons. The number of aliphatic hydroxyl groups is 3. The lowest BCUT2D eigenvalue weighted by Crippen LogP contribution is -2.21. The van der Waals surface area contributed by atoms with Gasteiger partial charge in [0.2, 0.25) is 0 Å². The molecule has 4 rings (SSSR count). The highest BCUT2D eigenvalue weighted by molar-refractivity contribution is 5.65. The third-order valence-electron chi connectivity index (χ3n) is 4.99. The number of rotatable bonds is 3. The van der Waals surface area contributed by atoms with E-state index >= 15 is 0 Å². The molecule has 0 spiro atoms. The van der Waals surface area contributed by atoms with Crippen molar-refractivity contribution in [2.45, 2.75) is 38.4 Å². The summed E-state index contributed by atoms with van der Waals surface area (Å²) < 4.78 is 20.4. The van der Waals surface area contributed by atoms with Gasteiger partial charge in [0.25, 0.3) is 0 Å². The van der Waals surface area contributed by atoms with Crippen molar-refractivity contribution in [1.29, 1.82) is 0 Å². The summed E-state index contributed by atoms with van der Waals surface area (Å²) in [5.74, 6) is 5.88. The van der Waals surface area contributed by atoms with Crippen LogP contribution in [0.1, 0.15) is 43.7 Å². The fourth-order valence-electron chi connectivity index (χ4n) is 3.20. The molecule has 0 amide bonds. The number of aliphatic hydroxyl groups excluding tert-OH is 3. The Kier molecular flexibility index (Phi) is 11.9. The molecule has 1 saturated heterocycles. The Balaban J connectivity index is 0.000000222. The third kappa shape index (κ3) is 9.89. The maximum Gasteiger partial charge on any atom is 0.137 e. The van der Waals surface area contributed by atoms with E-state index in [9.17, 15) is 9.50 Å². The molecule has 2 aromatic carbocycles. The van der Waals surface area contributed by atoms with E-state index in [0.29, 0.717) is 24.4 Å². The molecule has 1 fully saturated rings. The van der Waals surface area contributed by atoms with Crippen molar-refractivity contribution in [3.05, 3.63) is 72.1 Å². The highest BCUT2D eigenvalue weighted by Gasteiger charge is 2.08. The second kappa shape index (κ2) is 14.9. The molecule has 188 valence electrons. The van der Waals surface area contributed by atoms with E-state index in [-0.39, 0.29) is 18.5 Å². The van der Waals surface area contributed by atoms with E-state index in [0.717, 1.165) is 36.6 Å². The van der Waals surface area contributed by atoms with Crippen LogP contribution in [0, 0.1) is 17.7 Å². The van der Waals surface area contributed by atoms with Crippen molar-refractivity contribution in [3.8, 4) is 28.7 Å². The first kappa shape index (κ1) is 28.0. The monoisotopic (exact) mass is 484 g/mol. The molecule has 2 heterocycles. The summed E-state index contributed by atoms with van der Waals surface area (Å²) >= 11 is 0. The maximum absolute atomic E-state index is 13.7. The zero-order valence-corrected chi connectivity index (χ0v) is 20.1. The SMILES string of the molecule is CC(O)c1nccn1C.OC1CCCOC1.OCCC#Cc1ccc(-c2ccc(O)cc2F)cc1. The summed E-state index contributed by atoms with van der Waals surface area (Å²) in [6, 6.07) is 11.2. The molecule has 1 aliphatic rings. The number of nitrogens with zero attached hydrogens (tertiary/aromatic N) is 2. The fraction of sp³-hybridized carbons (Fsp3) is 0.370. The Morgan fingerprint density at radius 3 is 2.43 bits per heavy atom. The molecule has 4 N–H and O–H groups in total. The van der Waals surface area contributed by atoms with E-state index in [1.54, 1.807) is 42.0 Å². The number of benzene rings is 2. The summed E-state index contributed by atoms with van der Waals surface area (Å²) in [6.45, 7) is 3.11.